The number of nitrogens with one attached hydrogen (secondary N) is 1. The summed E-state index contributed by atoms with van der Waals surface area (Å²) in [4.78, 5) is 11.5. The molecule has 1 aromatic rings. The van der Waals surface area contributed by atoms with Gasteiger partial charge in [0.05, 0.1) is 5.02 Å². The van der Waals surface area contributed by atoms with Crippen molar-refractivity contribution in [3.63, 3.8) is 0 Å². The molecule has 0 aliphatic heterocycles. The van der Waals surface area contributed by atoms with Crippen molar-refractivity contribution < 1.29 is 13.9 Å². The quantitative estimate of drug-likeness (QED) is 0.894. The van der Waals surface area contributed by atoms with E-state index in [0.29, 0.717) is 18.2 Å². The van der Waals surface area contributed by atoms with E-state index in [1.807, 2.05) is 0 Å². The van der Waals surface area contributed by atoms with Crippen LogP contribution in [-0.2, 0) is 4.79 Å². The normalized spacial score (nSPS) is 15.0. The lowest BCUT2D eigenvalue weighted by Crippen LogP contribution is -2.35. The average Bonchev–Trinajstić information content (AvgIpc) is 2.25. The number of carbonyl (C=O) groups excluding carboxylic acids is 1. The zero-order valence-corrected chi connectivity index (χ0v) is 10.7. The van der Waals surface area contributed by atoms with Crippen molar-refractivity contribution in [1.82, 2.24) is 5.32 Å². The maximum Gasteiger partial charge on any atom is 0.257 e. The van der Waals surface area contributed by atoms with Gasteiger partial charge in [-0.05, 0) is 37.0 Å². The van der Waals surface area contributed by atoms with Crippen LogP contribution >= 0.6 is 11.6 Å². The molecule has 98 valence electrons. The van der Waals surface area contributed by atoms with Crippen LogP contribution in [0.3, 0.4) is 0 Å². The molecule has 5 heteroatoms. The summed E-state index contributed by atoms with van der Waals surface area (Å²) in [5, 5.41) is 2.97. The van der Waals surface area contributed by atoms with E-state index >= 15 is 0 Å². The molecule has 1 fully saturated rings. The first kappa shape index (κ1) is 13.1. The Balaban J connectivity index is 1.74. The summed E-state index contributed by atoms with van der Waals surface area (Å²) in [7, 11) is 0. The SMILES string of the molecule is O=C(COc1ccc(F)cc1Cl)NCC1CCC1. The van der Waals surface area contributed by atoms with Gasteiger partial charge in [-0.3, -0.25) is 4.79 Å². The molecule has 1 aromatic carbocycles. The molecule has 0 spiro atoms. The van der Waals surface area contributed by atoms with Crippen LogP contribution in [0.15, 0.2) is 18.2 Å². The van der Waals surface area contributed by atoms with Crippen molar-refractivity contribution in [2.24, 2.45) is 5.92 Å². The molecule has 2 rings (SSSR count). The topological polar surface area (TPSA) is 38.3 Å². The van der Waals surface area contributed by atoms with E-state index < -0.39 is 5.82 Å². The first-order valence-electron chi connectivity index (χ1n) is 5.99. The van der Waals surface area contributed by atoms with Crippen LogP contribution in [0.1, 0.15) is 19.3 Å². The molecule has 1 saturated carbocycles. The summed E-state index contributed by atoms with van der Waals surface area (Å²) in [6.07, 6.45) is 3.62. The minimum absolute atomic E-state index is 0.0991. The lowest BCUT2D eigenvalue weighted by atomic mass is 9.85. The van der Waals surface area contributed by atoms with Crippen LogP contribution in [0.2, 0.25) is 5.02 Å². The van der Waals surface area contributed by atoms with Gasteiger partial charge in [0.15, 0.2) is 6.61 Å². The Bertz CT molecular complexity index is 435. The molecule has 0 heterocycles. The Kier molecular flexibility index (Phi) is 4.42. The fourth-order valence-electron chi connectivity index (χ4n) is 1.74. The number of ether oxygens (including phenoxy) is 1. The Hall–Kier alpha value is -1.29. The Morgan fingerprint density at radius 2 is 2.28 bits per heavy atom. The third-order valence-electron chi connectivity index (χ3n) is 3.07. The van der Waals surface area contributed by atoms with Gasteiger partial charge in [0.1, 0.15) is 11.6 Å². The average molecular weight is 272 g/mol. The number of hydrogen-bond donors (Lipinski definition) is 1. The fourth-order valence-corrected chi connectivity index (χ4v) is 1.96. The van der Waals surface area contributed by atoms with Gasteiger partial charge in [0.25, 0.3) is 5.91 Å². The van der Waals surface area contributed by atoms with Gasteiger partial charge in [-0.15, -0.1) is 0 Å². The van der Waals surface area contributed by atoms with E-state index in [1.165, 1.54) is 31.4 Å². The van der Waals surface area contributed by atoms with Gasteiger partial charge >= 0.3 is 0 Å². The lowest BCUT2D eigenvalue weighted by Gasteiger charge is -2.25. The molecule has 0 unspecified atom stereocenters. The molecule has 1 aliphatic carbocycles. The second-order valence-electron chi connectivity index (χ2n) is 4.46. The van der Waals surface area contributed by atoms with Crippen LogP contribution in [-0.4, -0.2) is 19.1 Å². The molecule has 1 aliphatic rings. The third kappa shape index (κ3) is 3.60. The summed E-state index contributed by atoms with van der Waals surface area (Å²) < 4.78 is 18.0. The van der Waals surface area contributed by atoms with Crippen molar-refractivity contribution >= 4 is 17.5 Å². The molecule has 1 N–H and O–H groups in total. The predicted molar refractivity (Wildman–Crippen MR) is 67.3 cm³/mol. The zero-order chi connectivity index (χ0) is 13.0. The Morgan fingerprint density at radius 1 is 1.50 bits per heavy atom. The van der Waals surface area contributed by atoms with Gasteiger partial charge in [-0.2, -0.15) is 0 Å². The minimum atomic E-state index is -0.429. The van der Waals surface area contributed by atoms with Gasteiger partial charge in [-0.25, -0.2) is 4.39 Å². The highest BCUT2D eigenvalue weighted by Crippen LogP contribution is 2.25. The van der Waals surface area contributed by atoms with Gasteiger partial charge in [-0.1, -0.05) is 18.0 Å². The molecule has 0 atom stereocenters. The van der Waals surface area contributed by atoms with Gasteiger partial charge < -0.3 is 10.1 Å². The maximum absolute atomic E-state index is 12.8. The van der Waals surface area contributed by atoms with E-state index in [2.05, 4.69) is 5.32 Å². The van der Waals surface area contributed by atoms with Crippen LogP contribution in [0.4, 0.5) is 4.39 Å². The maximum atomic E-state index is 12.8. The molecule has 1 amide bonds. The first-order chi connectivity index (χ1) is 8.65. The lowest BCUT2D eigenvalue weighted by molar-refractivity contribution is -0.123. The number of amides is 1. The van der Waals surface area contributed by atoms with Crippen LogP contribution < -0.4 is 10.1 Å². The molecule has 3 nitrogen and oxygen atoms in total. The number of rotatable bonds is 5. The second kappa shape index (κ2) is 6.05. The third-order valence-corrected chi connectivity index (χ3v) is 3.36. The molecule has 18 heavy (non-hydrogen) atoms. The van der Waals surface area contributed by atoms with E-state index in [1.54, 1.807) is 0 Å². The second-order valence-corrected chi connectivity index (χ2v) is 4.87. The van der Waals surface area contributed by atoms with Crippen molar-refractivity contribution in [3.8, 4) is 5.75 Å². The molecule has 0 saturated heterocycles. The Morgan fingerprint density at radius 3 is 2.89 bits per heavy atom. The smallest absolute Gasteiger partial charge is 0.257 e. The van der Waals surface area contributed by atoms with Crippen LogP contribution in [0.25, 0.3) is 0 Å². The first-order valence-corrected chi connectivity index (χ1v) is 6.37. The van der Waals surface area contributed by atoms with E-state index in [-0.39, 0.29) is 17.5 Å². The van der Waals surface area contributed by atoms with Crippen molar-refractivity contribution in [1.29, 1.82) is 0 Å². The number of carbonyl (C=O) groups is 1. The minimum Gasteiger partial charge on any atom is -0.482 e. The molecule has 0 bridgehead atoms. The van der Waals surface area contributed by atoms with Gasteiger partial charge in [0.2, 0.25) is 0 Å². The summed E-state index contributed by atoms with van der Waals surface area (Å²) in [6, 6.07) is 3.81. The molecule has 0 radical (unpaired) electrons. The van der Waals surface area contributed by atoms with Crippen molar-refractivity contribution in [2.45, 2.75) is 19.3 Å². The predicted octanol–water partition coefficient (Wildman–Crippen LogP) is 2.77. The summed E-state index contributed by atoms with van der Waals surface area (Å²) in [5.41, 5.74) is 0. The van der Waals surface area contributed by atoms with Crippen LogP contribution in [0, 0.1) is 11.7 Å². The molecular formula is C13H15ClFNO2. The van der Waals surface area contributed by atoms with Gasteiger partial charge in [0, 0.05) is 6.54 Å². The number of hydrogen-bond acceptors (Lipinski definition) is 2. The summed E-state index contributed by atoms with van der Waals surface area (Å²) in [6.45, 7) is 0.609. The van der Waals surface area contributed by atoms with Crippen molar-refractivity contribution in [3.05, 3.63) is 29.0 Å². The van der Waals surface area contributed by atoms with E-state index in [4.69, 9.17) is 16.3 Å². The highest BCUT2D eigenvalue weighted by atomic mass is 35.5. The number of halogens is 2. The number of benzene rings is 1. The summed E-state index contributed by atoms with van der Waals surface area (Å²) >= 11 is 5.78. The highest BCUT2D eigenvalue weighted by molar-refractivity contribution is 6.32. The summed E-state index contributed by atoms with van der Waals surface area (Å²) in [5.74, 6) is 0.323. The highest BCUT2D eigenvalue weighted by Gasteiger charge is 2.17. The standard InChI is InChI=1S/C13H15ClFNO2/c14-11-6-10(15)4-5-12(11)18-8-13(17)16-7-9-2-1-3-9/h4-6,9H,1-3,7-8H2,(H,16,17). The zero-order valence-electron chi connectivity index (χ0n) is 9.92. The molecule has 0 aromatic heterocycles. The largest absolute Gasteiger partial charge is 0.482 e. The Labute approximate surface area is 110 Å². The molecular weight excluding hydrogens is 257 g/mol. The van der Waals surface area contributed by atoms with Crippen molar-refractivity contribution in [2.75, 3.05) is 13.2 Å². The fraction of sp³-hybridized carbons (Fsp3) is 0.462. The van der Waals surface area contributed by atoms with E-state index in [0.717, 1.165) is 6.07 Å². The van der Waals surface area contributed by atoms with E-state index in [9.17, 15) is 9.18 Å². The monoisotopic (exact) mass is 271 g/mol. The van der Waals surface area contributed by atoms with Crippen LogP contribution in [0.5, 0.6) is 5.75 Å².